The summed E-state index contributed by atoms with van der Waals surface area (Å²) in [4.78, 5) is 25.0. The van der Waals surface area contributed by atoms with Gasteiger partial charge in [0.15, 0.2) is 5.72 Å². The summed E-state index contributed by atoms with van der Waals surface area (Å²) in [6.07, 6.45) is 9.64. The van der Waals surface area contributed by atoms with E-state index in [1.165, 1.54) is 12.6 Å². The van der Waals surface area contributed by atoms with Crippen LogP contribution in [-0.2, 0) is 7.05 Å². The summed E-state index contributed by atoms with van der Waals surface area (Å²) in [6, 6.07) is 5.54. The number of halogens is 1. The molecular formula is C19H20BrN5O2. The molecule has 2 aromatic heterocycles. The van der Waals surface area contributed by atoms with E-state index in [4.69, 9.17) is 4.74 Å². The first kappa shape index (κ1) is 17.9. The molecule has 1 aliphatic rings. The minimum atomic E-state index is -0.626. The van der Waals surface area contributed by atoms with E-state index in [0.29, 0.717) is 22.7 Å². The van der Waals surface area contributed by atoms with E-state index in [2.05, 4.69) is 36.2 Å². The van der Waals surface area contributed by atoms with Gasteiger partial charge in [0, 0.05) is 36.8 Å². The second-order valence-electron chi connectivity index (χ2n) is 6.78. The van der Waals surface area contributed by atoms with Gasteiger partial charge < -0.3 is 14.6 Å². The minimum absolute atomic E-state index is 0.174. The fourth-order valence-corrected chi connectivity index (χ4v) is 3.97. The number of aryl methyl sites for hydroxylation is 1. The molecule has 7 nitrogen and oxygen atoms in total. The van der Waals surface area contributed by atoms with Gasteiger partial charge in [-0.15, -0.1) is 0 Å². The average Bonchev–Trinajstić information content (AvgIpc) is 2.66. The summed E-state index contributed by atoms with van der Waals surface area (Å²) in [5.41, 5.74) is 0.570. The van der Waals surface area contributed by atoms with Gasteiger partial charge in [-0.2, -0.15) is 0 Å². The molecule has 0 spiro atoms. The standard InChI is InChI=1S/C19H20BrN5O2/c1-25-16(26)12-23-14-10-13(20)11-15(17(14)25)27-19(6-3-2-4-7-19)24-18-21-8-5-9-22-18/h5,8-12H,2-4,6-7H2,1H3,(H,21,22,24). The number of hydrogen-bond donors (Lipinski definition) is 1. The second-order valence-corrected chi connectivity index (χ2v) is 7.70. The van der Waals surface area contributed by atoms with Crippen LogP contribution in [0.4, 0.5) is 5.95 Å². The zero-order valence-corrected chi connectivity index (χ0v) is 16.6. The zero-order valence-electron chi connectivity index (χ0n) is 15.0. The average molecular weight is 430 g/mol. The number of anilines is 1. The van der Waals surface area contributed by atoms with Gasteiger partial charge in [0.05, 0.1) is 11.7 Å². The Balaban J connectivity index is 1.79. The van der Waals surface area contributed by atoms with Gasteiger partial charge in [-0.1, -0.05) is 22.4 Å². The highest BCUT2D eigenvalue weighted by Gasteiger charge is 2.36. The first-order chi connectivity index (χ1) is 13.1. The first-order valence-electron chi connectivity index (χ1n) is 8.96. The maximum atomic E-state index is 12.1. The van der Waals surface area contributed by atoms with Crippen LogP contribution in [-0.4, -0.2) is 25.2 Å². The lowest BCUT2D eigenvalue weighted by atomic mass is 9.91. The molecule has 140 valence electrons. The number of nitrogens with one attached hydrogen (secondary N) is 1. The Bertz CT molecular complexity index is 1020. The molecule has 1 fully saturated rings. The number of benzene rings is 1. The number of rotatable bonds is 4. The lowest BCUT2D eigenvalue weighted by Gasteiger charge is -2.38. The SMILES string of the molecule is Cn1c(=O)cnc2cc(Br)cc(OC3(Nc4ncccn4)CCCCC3)c21. The fraction of sp³-hybridized carbons (Fsp3) is 0.368. The highest BCUT2D eigenvalue weighted by atomic mass is 79.9. The highest BCUT2D eigenvalue weighted by molar-refractivity contribution is 9.10. The number of nitrogens with zero attached hydrogens (tertiary/aromatic N) is 4. The quantitative estimate of drug-likeness (QED) is 0.637. The molecule has 1 N–H and O–H groups in total. The predicted octanol–water partition coefficient (Wildman–Crippen LogP) is 3.64. The van der Waals surface area contributed by atoms with Gasteiger partial charge in [0.1, 0.15) is 11.3 Å². The maximum absolute atomic E-state index is 12.1. The van der Waals surface area contributed by atoms with Crippen molar-refractivity contribution in [3.63, 3.8) is 0 Å². The van der Waals surface area contributed by atoms with Crippen molar-refractivity contribution >= 4 is 32.9 Å². The molecule has 4 rings (SSSR count). The largest absolute Gasteiger partial charge is 0.466 e. The summed E-state index contributed by atoms with van der Waals surface area (Å²) in [7, 11) is 1.73. The summed E-state index contributed by atoms with van der Waals surface area (Å²) >= 11 is 3.52. The lowest BCUT2D eigenvalue weighted by Crippen LogP contribution is -2.46. The monoisotopic (exact) mass is 429 g/mol. The number of aromatic nitrogens is 4. The Kier molecular flexibility index (Phi) is 4.82. The Morgan fingerprint density at radius 2 is 1.89 bits per heavy atom. The second kappa shape index (κ2) is 7.26. The smallest absolute Gasteiger partial charge is 0.269 e. The minimum Gasteiger partial charge on any atom is -0.466 e. The van der Waals surface area contributed by atoms with Gasteiger partial charge in [0.2, 0.25) is 5.95 Å². The third-order valence-corrected chi connectivity index (χ3v) is 5.33. The highest BCUT2D eigenvalue weighted by Crippen LogP contribution is 2.37. The molecule has 8 heteroatoms. The van der Waals surface area contributed by atoms with Gasteiger partial charge in [-0.3, -0.25) is 4.79 Å². The normalized spacial score (nSPS) is 16.2. The van der Waals surface area contributed by atoms with Crippen molar-refractivity contribution in [3.05, 3.63) is 51.6 Å². The third-order valence-electron chi connectivity index (χ3n) is 4.87. The van der Waals surface area contributed by atoms with Crippen LogP contribution in [0, 0.1) is 0 Å². The summed E-state index contributed by atoms with van der Waals surface area (Å²) in [5, 5.41) is 3.39. The van der Waals surface area contributed by atoms with E-state index in [9.17, 15) is 4.79 Å². The molecule has 27 heavy (non-hydrogen) atoms. The number of fused-ring (bicyclic) bond motifs is 1. The Labute approximate surface area is 164 Å². The Hall–Kier alpha value is -2.48. The molecule has 0 radical (unpaired) electrons. The van der Waals surface area contributed by atoms with Crippen LogP contribution in [0.5, 0.6) is 5.75 Å². The Morgan fingerprint density at radius 1 is 1.15 bits per heavy atom. The molecular weight excluding hydrogens is 410 g/mol. The molecule has 1 saturated carbocycles. The van der Waals surface area contributed by atoms with Crippen molar-refractivity contribution in [2.75, 3.05) is 5.32 Å². The van der Waals surface area contributed by atoms with E-state index in [-0.39, 0.29) is 5.56 Å². The molecule has 0 aliphatic heterocycles. The molecule has 0 atom stereocenters. The maximum Gasteiger partial charge on any atom is 0.269 e. The van der Waals surface area contributed by atoms with Crippen molar-refractivity contribution in [2.45, 2.75) is 37.8 Å². The molecule has 0 bridgehead atoms. The van der Waals surface area contributed by atoms with Crippen LogP contribution in [0.15, 0.2) is 46.1 Å². The van der Waals surface area contributed by atoms with Gasteiger partial charge >= 0.3 is 0 Å². The van der Waals surface area contributed by atoms with E-state index in [1.54, 1.807) is 30.1 Å². The van der Waals surface area contributed by atoms with Crippen molar-refractivity contribution in [1.29, 1.82) is 0 Å². The van der Waals surface area contributed by atoms with Gasteiger partial charge in [-0.25, -0.2) is 15.0 Å². The lowest BCUT2D eigenvalue weighted by molar-refractivity contribution is 0.0581. The van der Waals surface area contributed by atoms with E-state index in [0.717, 1.165) is 30.2 Å². The van der Waals surface area contributed by atoms with Crippen LogP contribution in [0.2, 0.25) is 0 Å². The van der Waals surface area contributed by atoms with Crippen molar-refractivity contribution in [3.8, 4) is 5.75 Å². The fourth-order valence-electron chi connectivity index (χ4n) is 3.55. The molecule has 0 unspecified atom stereocenters. The van der Waals surface area contributed by atoms with Crippen molar-refractivity contribution in [2.24, 2.45) is 7.05 Å². The molecule has 1 aliphatic carbocycles. The van der Waals surface area contributed by atoms with Crippen LogP contribution < -0.4 is 15.6 Å². The first-order valence-corrected chi connectivity index (χ1v) is 9.75. The van der Waals surface area contributed by atoms with E-state index >= 15 is 0 Å². The topological polar surface area (TPSA) is 81.9 Å². The van der Waals surface area contributed by atoms with Crippen LogP contribution in [0.25, 0.3) is 11.0 Å². The van der Waals surface area contributed by atoms with Crippen LogP contribution in [0.3, 0.4) is 0 Å². The summed E-state index contributed by atoms with van der Waals surface area (Å²) < 4.78 is 8.97. The van der Waals surface area contributed by atoms with Crippen molar-refractivity contribution < 1.29 is 4.74 Å². The van der Waals surface area contributed by atoms with Gasteiger partial charge in [-0.05, 0) is 31.0 Å². The summed E-state index contributed by atoms with van der Waals surface area (Å²) in [5.74, 6) is 1.14. The van der Waals surface area contributed by atoms with E-state index in [1.807, 2.05) is 12.1 Å². The third kappa shape index (κ3) is 3.66. The van der Waals surface area contributed by atoms with Crippen molar-refractivity contribution in [1.82, 2.24) is 19.5 Å². The molecule has 1 aromatic carbocycles. The van der Waals surface area contributed by atoms with Gasteiger partial charge in [0.25, 0.3) is 5.56 Å². The Morgan fingerprint density at radius 3 is 2.63 bits per heavy atom. The molecule has 0 saturated heterocycles. The van der Waals surface area contributed by atoms with E-state index < -0.39 is 5.72 Å². The zero-order chi connectivity index (χ0) is 18.9. The molecule has 3 aromatic rings. The molecule has 2 heterocycles. The summed E-state index contributed by atoms with van der Waals surface area (Å²) in [6.45, 7) is 0. The van der Waals surface area contributed by atoms with Crippen LogP contribution in [0.1, 0.15) is 32.1 Å². The number of hydrogen-bond acceptors (Lipinski definition) is 6. The predicted molar refractivity (Wildman–Crippen MR) is 107 cm³/mol. The molecule has 0 amide bonds. The van der Waals surface area contributed by atoms with Crippen LogP contribution >= 0.6 is 15.9 Å². The number of ether oxygens (including phenoxy) is 1.